The summed E-state index contributed by atoms with van der Waals surface area (Å²) in [4.78, 5) is 0. The third-order valence-corrected chi connectivity index (χ3v) is 2.73. The van der Waals surface area contributed by atoms with E-state index in [1.807, 2.05) is 6.92 Å². The van der Waals surface area contributed by atoms with Crippen LogP contribution in [0.3, 0.4) is 0 Å². The molecule has 0 spiro atoms. The second-order valence-corrected chi connectivity index (χ2v) is 3.97. The molecule has 98 valence electrons. The highest BCUT2D eigenvalue weighted by molar-refractivity contribution is 5.56. The van der Waals surface area contributed by atoms with Gasteiger partial charge in [-0.15, -0.1) is 0 Å². The van der Waals surface area contributed by atoms with Crippen LogP contribution in [0.15, 0.2) is 18.2 Å². The maximum absolute atomic E-state index is 13.5. The number of hydrogen-bond donors (Lipinski definition) is 1. The highest BCUT2D eigenvalue weighted by Gasteiger charge is 2.17. The molecule has 2 aromatic rings. The molecule has 1 aromatic heterocycles. The van der Waals surface area contributed by atoms with Crippen molar-refractivity contribution in [3.05, 3.63) is 35.3 Å². The molecule has 1 aromatic carbocycles. The lowest BCUT2D eigenvalue weighted by Crippen LogP contribution is -1.99. The molecule has 0 saturated heterocycles. The van der Waals surface area contributed by atoms with Crippen LogP contribution in [0.25, 0.3) is 0 Å². The van der Waals surface area contributed by atoms with Crippen molar-refractivity contribution in [3.63, 3.8) is 0 Å². The smallest absolute Gasteiger partial charge is 0.241 e. The number of nitrogens with zero attached hydrogens (tertiary/aromatic N) is 3. The number of anilines is 1. The van der Waals surface area contributed by atoms with Crippen LogP contribution >= 0.6 is 0 Å². The Morgan fingerprint density at radius 1 is 1.53 bits per heavy atom. The van der Waals surface area contributed by atoms with E-state index in [2.05, 4.69) is 5.10 Å². The van der Waals surface area contributed by atoms with E-state index < -0.39 is 5.82 Å². The van der Waals surface area contributed by atoms with E-state index in [0.717, 1.165) is 0 Å². The second kappa shape index (κ2) is 4.98. The van der Waals surface area contributed by atoms with Gasteiger partial charge >= 0.3 is 0 Å². The number of nitriles is 1. The van der Waals surface area contributed by atoms with Crippen molar-refractivity contribution in [1.82, 2.24) is 9.78 Å². The van der Waals surface area contributed by atoms with E-state index in [1.165, 1.54) is 22.9 Å². The summed E-state index contributed by atoms with van der Waals surface area (Å²) in [6, 6.07) is 5.96. The lowest BCUT2D eigenvalue weighted by atomic mass is 10.2. The Hall–Kier alpha value is -2.55. The van der Waals surface area contributed by atoms with Gasteiger partial charge in [0.05, 0.1) is 5.69 Å². The summed E-state index contributed by atoms with van der Waals surface area (Å²) >= 11 is 0. The van der Waals surface area contributed by atoms with Gasteiger partial charge < -0.3 is 10.5 Å². The van der Waals surface area contributed by atoms with Crippen molar-refractivity contribution in [1.29, 1.82) is 5.26 Å². The van der Waals surface area contributed by atoms with E-state index in [-0.39, 0.29) is 11.3 Å². The molecular weight excluding hydrogens is 247 g/mol. The lowest BCUT2D eigenvalue weighted by molar-refractivity contribution is 0.427. The van der Waals surface area contributed by atoms with Crippen molar-refractivity contribution >= 4 is 5.69 Å². The van der Waals surface area contributed by atoms with Crippen molar-refractivity contribution in [3.8, 4) is 17.7 Å². The molecule has 0 aliphatic heterocycles. The quantitative estimate of drug-likeness (QED) is 0.919. The van der Waals surface area contributed by atoms with Gasteiger partial charge in [-0.05, 0) is 18.6 Å². The number of nitrogen functional groups attached to an aromatic ring is 1. The Labute approximate surface area is 110 Å². The van der Waals surface area contributed by atoms with Crippen molar-refractivity contribution in [2.24, 2.45) is 7.05 Å². The van der Waals surface area contributed by atoms with E-state index >= 15 is 0 Å². The van der Waals surface area contributed by atoms with Crippen LogP contribution in [-0.4, -0.2) is 9.78 Å². The van der Waals surface area contributed by atoms with Gasteiger partial charge in [-0.2, -0.15) is 10.4 Å². The van der Waals surface area contributed by atoms with Crippen LogP contribution in [0.5, 0.6) is 11.6 Å². The zero-order valence-corrected chi connectivity index (χ0v) is 10.6. The van der Waals surface area contributed by atoms with Crippen LogP contribution in [0.1, 0.15) is 18.2 Å². The summed E-state index contributed by atoms with van der Waals surface area (Å²) < 4.78 is 20.5. The average Bonchev–Trinajstić information content (AvgIpc) is 2.66. The number of ether oxygens (including phenoxy) is 1. The summed E-state index contributed by atoms with van der Waals surface area (Å²) in [5, 5.41) is 13.1. The Morgan fingerprint density at radius 2 is 2.26 bits per heavy atom. The molecule has 0 atom stereocenters. The minimum absolute atomic E-state index is 0.125. The van der Waals surface area contributed by atoms with Crippen LogP contribution in [-0.2, 0) is 13.5 Å². The standard InChI is InChI=1S/C13H13FN4O/c1-3-10-12(16)13(18(2)17-10)19-11-6-4-5-9(14)8(11)7-15/h4-6H,3,16H2,1-2H3. The van der Waals surface area contributed by atoms with E-state index in [1.54, 1.807) is 13.1 Å². The summed E-state index contributed by atoms with van der Waals surface area (Å²) in [5.41, 5.74) is 6.86. The monoisotopic (exact) mass is 260 g/mol. The molecule has 2 N–H and O–H groups in total. The number of aryl methyl sites for hydroxylation is 2. The summed E-state index contributed by atoms with van der Waals surface area (Å²) in [5.74, 6) is -0.199. The van der Waals surface area contributed by atoms with Crippen molar-refractivity contribution in [2.75, 3.05) is 5.73 Å². The third kappa shape index (κ3) is 2.22. The maximum Gasteiger partial charge on any atom is 0.241 e. The zero-order valence-electron chi connectivity index (χ0n) is 10.6. The summed E-state index contributed by atoms with van der Waals surface area (Å²) in [7, 11) is 1.68. The first kappa shape index (κ1) is 12.9. The Bertz CT molecular complexity index is 657. The van der Waals surface area contributed by atoms with Gasteiger partial charge in [-0.25, -0.2) is 9.07 Å². The van der Waals surface area contributed by atoms with Crippen molar-refractivity contribution < 1.29 is 9.13 Å². The molecule has 0 fully saturated rings. The first-order valence-electron chi connectivity index (χ1n) is 5.76. The van der Waals surface area contributed by atoms with Crippen molar-refractivity contribution in [2.45, 2.75) is 13.3 Å². The number of rotatable bonds is 3. The molecule has 0 unspecified atom stereocenters. The fraction of sp³-hybridized carbons (Fsp3) is 0.231. The number of halogens is 1. The van der Waals surface area contributed by atoms with Gasteiger partial charge in [-0.1, -0.05) is 13.0 Å². The highest BCUT2D eigenvalue weighted by atomic mass is 19.1. The number of benzene rings is 1. The van der Waals surface area contributed by atoms with Crippen LogP contribution in [0.4, 0.5) is 10.1 Å². The topological polar surface area (TPSA) is 76.9 Å². The van der Waals surface area contributed by atoms with Gasteiger partial charge in [0.15, 0.2) is 0 Å². The summed E-state index contributed by atoms with van der Waals surface area (Å²) in [6.07, 6.45) is 0.664. The maximum atomic E-state index is 13.5. The molecule has 19 heavy (non-hydrogen) atoms. The van der Waals surface area contributed by atoms with E-state index in [4.69, 9.17) is 15.7 Å². The number of nitrogens with two attached hydrogens (primary N) is 1. The molecule has 0 radical (unpaired) electrons. The first-order valence-corrected chi connectivity index (χ1v) is 5.76. The molecule has 0 saturated carbocycles. The fourth-order valence-corrected chi connectivity index (χ4v) is 1.76. The van der Waals surface area contributed by atoms with Gasteiger partial charge in [0.2, 0.25) is 5.88 Å². The fourth-order valence-electron chi connectivity index (χ4n) is 1.76. The molecule has 0 bridgehead atoms. The molecular formula is C13H13FN4O. The van der Waals surface area contributed by atoms with Gasteiger partial charge in [-0.3, -0.25) is 0 Å². The molecule has 0 amide bonds. The highest BCUT2D eigenvalue weighted by Crippen LogP contribution is 2.32. The van der Waals surface area contributed by atoms with Gasteiger partial charge in [0.25, 0.3) is 0 Å². The molecule has 0 aliphatic rings. The number of aromatic nitrogens is 2. The minimum atomic E-state index is -0.628. The molecule has 1 heterocycles. The SMILES string of the molecule is CCc1nn(C)c(Oc2cccc(F)c2C#N)c1N. The second-order valence-electron chi connectivity index (χ2n) is 3.97. The predicted octanol–water partition coefficient (Wildman–Crippen LogP) is 2.37. The Morgan fingerprint density at radius 3 is 2.84 bits per heavy atom. The predicted molar refractivity (Wildman–Crippen MR) is 68.2 cm³/mol. The van der Waals surface area contributed by atoms with Crippen LogP contribution in [0.2, 0.25) is 0 Å². The Kier molecular flexibility index (Phi) is 3.38. The molecule has 5 nitrogen and oxygen atoms in total. The first-order chi connectivity index (χ1) is 9.08. The molecule has 2 rings (SSSR count). The summed E-state index contributed by atoms with van der Waals surface area (Å²) in [6.45, 7) is 1.92. The third-order valence-electron chi connectivity index (χ3n) is 2.73. The minimum Gasteiger partial charge on any atom is -0.436 e. The van der Waals surface area contributed by atoms with E-state index in [9.17, 15) is 4.39 Å². The van der Waals surface area contributed by atoms with Gasteiger partial charge in [0.1, 0.15) is 28.9 Å². The zero-order chi connectivity index (χ0) is 14.0. The molecule has 6 heteroatoms. The Balaban J connectivity index is 2.46. The molecule has 0 aliphatic carbocycles. The van der Waals surface area contributed by atoms with Crippen LogP contribution in [0, 0.1) is 17.1 Å². The largest absolute Gasteiger partial charge is 0.436 e. The number of hydrogen-bond acceptors (Lipinski definition) is 4. The lowest BCUT2D eigenvalue weighted by Gasteiger charge is -2.08. The average molecular weight is 260 g/mol. The van der Waals surface area contributed by atoms with E-state index in [0.29, 0.717) is 23.7 Å². The normalized spacial score (nSPS) is 10.2. The van der Waals surface area contributed by atoms with Crippen LogP contribution < -0.4 is 10.5 Å². The van der Waals surface area contributed by atoms with Gasteiger partial charge in [0, 0.05) is 7.05 Å².